The molecular formula is C20H20FNO2. The first-order valence-corrected chi connectivity index (χ1v) is 8.20. The number of carbonyl (C=O) groups is 2. The molecule has 1 fully saturated rings. The van der Waals surface area contributed by atoms with Gasteiger partial charge in [0.2, 0.25) is 0 Å². The van der Waals surface area contributed by atoms with Gasteiger partial charge in [-0.25, -0.2) is 4.39 Å². The third-order valence-corrected chi connectivity index (χ3v) is 4.47. The molecule has 0 radical (unpaired) electrons. The highest BCUT2D eigenvalue weighted by Gasteiger charge is 2.29. The summed E-state index contributed by atoms with van der Waals surface area (Å²) in [5, 5.41) is 0. The van der Waals surface area contributed by atoms with Gasteiger partial charge in [-0.3, -0.25) is 9.59 Å². The van der Waals surface area contributed by atoms with Gasteiger partial charge >= 0.3 is 0 Å². The Morgan fingerprint density at radius 1 is 1.08 bits per heavy atom. The fraction of sp³-hybridized carbons (Fsp3) is 0.300. The molecule has 24 heavy (non-hydrogen) atoms. The number of piperidine rings is 1. The van der Waals surface area contributed by atoms with E-state index in [1.807, 2.05) is 25.1 Å². The lowest BCUT2D eigenvalue weighted by molar-refractivity contribution is 0.0637. The summed E-state index contributed by atoms with van der Waals surface area (Å²) in [6, 6.07) is 13.1. The van der Waals surface area contributed by atoms with Crippen LogP contribution in [-0.2, 0) is 0 Å². The van der Waals surface area contributed by atoms with E-state index in [0.717, 1.165) is 18.4 Å². The van der Waals surface area contributed by atoms with E-state index >= 15 is 0 Å². The number of rotatable bonds is 3. The minimum atomic E-state index is -0.355. The molecule has 0 N–H and O–H groups in total. The normalized spacial score (nSPS) is 17.6. The SMILES string of the molecule is Cc1cccc(C(=O)N2CCCC(C(=O)c3ccc(F)cc3)C2)c1. The van der Waals surface area contributed by atoms with Crippen LogP contribution in [0.15, 0.2) is 48.5 Å². The first-order chi connectivity index (χ1) is 11.5. The van der Waals surface area contributed by atoms with E-state index in [0.29, 0.717) is 24.2 Å². The largest absolute Gasteiger partial charge is 0.338 e. The average Bonchev–Trinajstić information content (AvgIpc) is 2.61. The zero-order valence-electron chi connectivity index (χ0n) is 13.7. The van der Waals surface area contributed by atoms with Crippen molar-refractivity contribution >= 4 is 11.7 Å². The van der Waals surface area contributed by atoms with Crippen LogP contribution in [0.3, 0.4) is 0 Å². The van der Waals surface area contributed by atoms with Crippen LogP contribution in [0, 0.1) is 18.7 Å². The van der Waals surface area contributed by atoms with Crippen molar-refractivity contribution in [3.05, 3.63) is 71.0 Å². The van der Waals surface area contributed by atoms with Crippen LogP contribution in [0.2, 0.25) is 0 Å². The summed E-state index contributed by atoms with van der Waals surface area (Å²) < 4.78 is 13.0. The molecule has 3 nitrogen and oxygen atoms in total. The van der Waals surface area contributed by atoms with Crippen molar-refractivity contribution in [1.82, 2.24) is 4.90 Å². The Balaban J connectivity index is 1.73. The predicted molar refractivity (Wildman–Crippen MR) is 90.5 cm³/mol. The molecule has 1 aliphatic heterocycles. The zero-order valence-corrected chi connectivity index (χ0v) is 13.7. The Hall–Kier alpha value is -2.49. The molecule has 4 heteroatoms. The predicted octanol–water partition coefficient (Wildman–Crippen LogP) is 3.87. The third-order valence-electron chi connectivity index (χ3n) is 4.47. The fourth-order valence-electron chi connectivity index (χ4n) is 3.19. The van der Waals surface area contributed by atoms with Crippen LogP contribution in [-0.4, -0.2) is 29.7 Å². The maximum absolute atomic E-state index is 13.0. The smallest absolute Gasteiger partial charge is 0.253 e. The van der Waals surface area contributed by atoms with Crippen LogP contribution < -0.4 is 0 Å². The number of amides is 1. The van der Waals surface area contributed by atoms with Gasteiger partial charge < -0.3 is 4.90 Å². The molecule has 0 aromatic heterocycles. The highest BCUT2D eigenvalue weighted by Crippen LogP contribution is 2.23. The first-order valence-electron chi connectivity index (χ1n) is 8.20. The van der Waals surface area contributed by atoms with E-state index in [1.54, 1.807) is 11.0 Å². The molecule has 2 aromatic rings. The number of nitrogens with zero attached hydrogens (tertiary/aromatic N) is 1. The maximum atomic E-state index is 13.0. The summed E-state index contributed by atoms with van der Waals surface area (Å²) in [7, 11) is 0. The molecule has 0 bridgehead atoms. The molecule has 1 heterocycles. The molecule has 3 rings (SSSR count). The van der Waals surface area contributed by atoms with Gasteiger partial charge in [-0.15, -0.1) is 0 Å². The van der Waals surface area contributed by atoms with Gasteiger partial charge in [-0.05, 0) is 56.2 Å². The van der Waals surface area contributed by atoms with E-state index in [9.17, 15) is 14.0 Å². The zero-order chi connectivity index (χ0) is 17.1. The average molecular weight is 325 g/mol. The molecule has 0 saturated carbocycles. The molecule has 1 amide bonds. The van der Waals surface area contributed by atoms with Crippen molar-refractivity contribution < 1.29 is 14.0 Å². The second-order valence-corrected chi connectivity index (χ2v) is 6.33. The van der Waals surface area contributed by atoms with Crippen molar-refractivity contribution in [2.75, 3.05) is 13.1 Å². The molecule has 1 unspecified atom stereocenters. The van der Waals surface area contributed by atoms with Crippen molar-refractivity contribution in [3.63, 3.8) is 0 Å². The van der Waals surface area contributed by atoms with Gasteiger partial charge in [0.15, 0.2) is 5.78 Å². The Morgan fingerprint density at radius 3 is 2.54 bits per heavy atom. The minimum Gasteiger partial charge on any atom is -0.338 e. The fourth-order valence-corrected chi connectivity index (χ4v) is 3.19. The number of hydrogen-bond acceptors (Lipinski definition) is 2. The molecule has 0 aliphatic carbocycles. The summed E-state index contributed by atoms with van der Waals surface area (Å²) in [6.07, 6.45) is 1.56. The molecule has 1 atom stereocenters. The van der Waals surface area contributed by atoms with Gasteiger partial charge in [0.25, 0.3) is 5.91 Å². The standard InChI is InChI=1S/C20H20FNO2/c1-14-4-2-5-16(12-14)20(24)22-11-3-6-17(13-22)19(23)15-7-9-18(21)10-8-15/h2,4-5,7-10,12,17H,3,6,11,13H2,1H3. The maximum Gasteiger partial charge on any atom is 0.253 e. The molecule has 124 valence electrons. The number of carbonyl (C=O) groups excluding carboxylic acids is 2. The van der Waals surface area contributed by atoms with Crippen molar-refractivity contribution in [2.24, 2.45) is 5.92 Å². The van der Waals surface area contributed by atoms with Gasteiger partial charge in [0, 0.05) is 30.1 Å². The summed E-state index contributed by atoms with van der Waals surface area (Å²) in [5.41, 5.74) is 2.20. The number of hydrogen-bond donors (Lipinski definition) is 0. The van der Waals surface area contributed by atoms with Crippen molar-refractivity contribution in [3.8, 4) is 0 Å². The molecule has 0 spiro atoms. The molecule has 1 saturated heterocycles. The van der Waals surface area contributed by atoms with Gasteiger partial charge in [0.05, 0.1) is 0 Å². The van der Waals surface area contributed by atoms with Crippen LogP contribution in [0.25, 0.3) is 0 Å². The summed E-state index contributed by atoms with van der Waals surface area (Å²) in [4.78, 5) is 27.0. The lowest BCUT2D eigenvalue weighted by Crippen LogP contribution is -2.42. The van der Waals surface area contributed by atoms with Crippen molar-refractivity contribution in [2.45, 2.75) is 19.8 Å². The lowest BCUT2D eigenvalue weighted by atomic mass is 9.89. The van der Waals surface area contributed by atoms with Crippen LogP contribution >= 0.6 is 0 Å². The minimum absolute atomic E-state index is 0.0169. The van der Waals surface area contributed by atoms with Gasteiger partial charge in [-0.1, -0.05) is 17.7 Å². The molecule has 1 aliphatic rings. The second-order valence-electron chi connectivity index (χ2n) is 6.33. The highest BCUT2D eigenvalue weighted by atomic mass is 19.1. The monoisotopic (exact) mass is 325 g/mol. The molecule has 2 aromatic carbocycles. The second kappa shape index (κ2) is 6.95. The summed E-state index contributed by atoms with van der Waals surface area (Å²) in [6.45, 7) is 3.04. The van der Waals surface area contributed by atoms with Gasteiger partial charge in [0.1, 0.15) is 5.82 Å². The van der Waals surface area contributed by atoms with E-state index in [1.165, 1.54) is 24.3 Å². The number of Topliss-reactive ketones (excluding diaryl/α,β-unsaturated/α-hetero) is 1. The van der Waals surface area contributed by atoms with Crippen LogP contribution in [0.4, 0.5) is 4.39 Å². The lowest BCUT2D eigenvalue weighted by Gasteiger charge is -2.32. The molecular weight excluding hydrogens is 305 g/mol. The van der Waals surface area contributed by atoms with Crippen LogP contribution in [0.1, 0.15) is 39.1 Å². The Morgan fingerprint density at radius 2 is 1.83 bits per heavy atom. The summed E-state index contributed by atoms with van der Waals surface area (Å²) >= 11 is 0. The Bertz CT molecular complexity index is 754. The topological polar surface area (TPSA) is 37.4 Å². The van der Waals surface area contributed by atoms with Crippen LogP contribution in [0.5, 0.6) is 0 Å². The summed E-state index contributed by atoms with van der Waals surface area (Å²) in [5.74, 6) is -0.628. The number of benzene rings is 2. The van der Waals surface area contributed by atoms with E-state index in [-0.39, 0.29) is 23.4 Å². The number of ketones is 1. The van der Waals surface area contributed by atoms with E-state index in [2.05, 4.69) is 0 Å². The van der Waals surface area contributed by atoms with Crippen molar-refractivity contribution in [1.29, 1.82) is 0 Å². The van der Waals surface area contributed by atoms with E-state index in [4.69, 9.17) is 0 Å². The van der Waals surface area contributed by atoms with Gasteiger partial charge in [-0.2, -0.15) is 0 Å². The number of likely N-dealkylation sites (tertiary alicyclic amines) is 1. The highest BCUT2D eigenvalue weighted by molar-refractivity contribution is 5.99. The number of halogens is 1. The Kier molecular flexibility index (Phi) is 4.74. The number of aryl methyl sites for hydroxylation is 1. The first kappa shape index (κ1) is 16.4. The quantitative estimate of drug-likeness (QED) is 0.803. The Labute approximate surface area is 141 Å². The van der Waals surface area contributed by atoms with E-state index < -0.39 is 0 Å². The third kappa shape index (κ3) is 3.53.